The number of amidine groups is 1. The maximum Gasteiger partial charge on any atom is 0.416 e. The number of likely N-dealkylation sites (tertiary alicyclic amines) is 4. The molecule has 7 amide bonds. The summed E-state index contributed by atoms with van der Waals surface area (Å²) in [6.45, 7) is 44.4. The molecule has 10 heterocycles. The van der Waals surface area contributed by atoms with Gasteiger partial charge < -0.3 is 71.4 Å². The van der Waals surface area contributed by atoms with E-state index < -0.39 is 39.0 Å². The summed E-state index contributed by atoms with van der Waals surface area (Å²) in [5.74, 6) is 3.41. The van der Waals surface area contributed by atoms with Crippen LogP contribution in [0, 0.1) is 71.1 Å². The van der Waals surface area contributed by atoms with E-state index in [9.17, 15) is 59.9 Å². The number of aliphatic imine (C=N–C) groups is 1. The highest BCUT2D eigenvalue weighted by molar-refractivity contribution is 9.10. The third kappa shape index (κ3) is 78.5. The summed E-state index contributed by atoms with van der Waals surface area (Å²) in [4.78, 5) is 99.9. The lowest BCUT2D eigenvalue weighted by molar-refractivity contribution is -0.144. The zero-order chi connectivity index (χ0) is 103. The van der Waals surface area contributed by atoms with Crippen molar-refractivity contribution in [3.8, 4) is 0 Å². The number of ether oxygens (including phenoxy) is 1. The fraction of sp³-hybridized carbons (Fsp3) is 0.649. The predicted octanol–water partition coefficient (Wildman–Crippen LogP) is 23.2. The number of aryl methyl sites for hydroxylation is 6. The Morgan fingerprint density at radius 1 is 0.507 bits per heavy atom. The van der Waals surface area contributed by atoms with Gasteiger partial charge in [-0.15, -0.1) is 0 Å². The molecule has 10 fully saturated rings. The summed E-state index contributed by atoms with van der Waals surface area (Å²) in [6, 6.07) is 37.2. The second-order valence-electron chi connectivity index (χ2n) is 37.5. The molecule has 1 aliphatic carbocycles. The summed E-state index contributed by atoms with van der Waals surface area (Å²) in [6.07, 6.45) is 7.35. The minimum atomic E-state index is -4.21. The van der Waals surface area contributed by atoms with Crippen LogP contribution in [0.5, 0.6) is 0 Å². The molecule has 10 N–H and O–H groups in total. The average Bonchev–Trinajstić information content (AvgIpc) is 1.34. The van der Waals surface area contributed by atoms with E-state index in [2.05, 4.69) is 230 Å². The standard InChI is InChI=1S/C11H16.C8H7F3.C8H14O2.C8H10.C7H7Br.C7H6Cl2.C7H13NO2.2C6H11NO.C5H12N2.C5H11NO3S.C5H7NO2.C5H11NO.C5H11NS.C4H6N2O.C4H8N2O.10CH4/c1-9-5-7-10(8-6-9)11(2,3)4;1-6-2-4-7(5-3-6)8(9,10)11;1-6-2-4-7(5-3-6)8(9)10;1-7-3-5-8(2)6-4-7;1-6-2-4-7(8)5-3-6;1-5-2-3-6(8)7(9)4-5;1-8-4-2-3-6(5-8)7(9)10;1-5-3-4-6(8)7(5)2;1-5-2-3-7-6(8)4-5;1-7-3-2-5(6)4-7;1-6-3-2-5(4-6)10(7,8)9;1-3-2-4(7)6-5(3)8;2*1-6-2-4-7-5-3-6;1-3-5-2-4(7)6-3;1-3-2-5-4(7)6-3;;;;;;;;;;/h5-8H,1-4H3;2-5H,1H3;6-7H,2-5H2,1H3,(H,9,10);3-6H,1-2H3;2-5H,1H3;2-4H,1H3;6H,2-5H2,1H3,(H,9,10);5H,3-4H2,1-2H3;5H,2-4H2,1H3,(H,7,8);5H,2-4,6H2,1H3;5H,2-4H2,1H3,(H,7,8,9);3H,2H2,1H3,(H,6,7,8);2*2-5H2,1H3;2H2,1H3,(H,5,6,7);3H,2H2,1H3,(H2,5,6,7);10*1H4. The Labute approximate surface area is 907 Å². The Hall–Kier alpha value is -7.64. The van der Waals surface area contributed by atoms with E-state index in [1.807, 2.05) is 64.2 Å². The largest absolute Gasteiger partial charge is 0.481 e. The Morgan fingerprint density at radius 3 is 1.20 bits per heavy atom. The first-order valence-electron chi connectivity index (χ1n) is 46.9. The van der Waals surface area contributed by atoms with Crippen molar-refractivity contribution in [2.45, 2.75) is 297 Å². The smallest absolute Gasteiger partial charge is 0.416 e. The molecular formula is C111H201BrCl2F3N13O14S2. The van der Waals surface area contributed by atoms with Crippen LogP contribution in [0.1, 0.15) is 265 Å². The maximum atomic E-state index is 11.9. The van der Waals surface area contributed by atoms with Crippen LogP contribution >= 0.6 is 50.9 Å². The van der Waals surface area contributed by atoms with Crippen molar-refractivity contribution >= 4 is 114 Å². The summed E-state index contributed by atoms with van der Waals surface area (Å²) in [5, 5.41) is 30.7. The van der Waals surface area contributed by atoms with Crippen LogP contribution < -0.4 is 32.3 Å². The number of carboxylic acid groups (broad SMARTS) is 2. The number of aliphatic carboxylic acids is 2. The Morgan fingerprint density at radius 2 is 0.959 bits per heavy atom. The number of hydrogen-bond acceptors (Lipinski definition) is 19. The molecule has 7 atom stereocenters. The number of thioether (sulfide) groups is 1. The van der Waals surface area contributed by atoms with Gasteiger partial charge in [-0.05, 0) is 246 Å². The van der Waals surface area contributed by atoms with E-state index in [1.54, 1.807) is 31.7 Å². The third-order valence-electron chi connectivity index (χ3n) is 22.9. The van der Waals surface area contributed by atoms with Gasteiger partial charge in [0, 0.05) is 125 Å². The number of piperidine rings is 2. The summed E-state index contributed by atoms with van der Waals surface area (Å²) in [7, 11) is 8.29. The van der Waals surface area contributed by atoms with E-state index in [1.165, 1.54) is 77.5 Å². The number of carbonyl (C=O) groups is 8. The third-order valence-corrected chi connectivity index (χ3v) is 26.3. The van der Waals surface area contributed by atoms with Gasteiger partial charge in [0.1, 0.15) is 17.6 Å². The van der Waals surface area contributed by atoms with E-state index in [0.717, 1.165) is 169 Å². The maximum absolute atomic E-state index is 11.9. The van der Waals surface area contributed by atoms with Crippen molar-refractivity contribution < 1.29 is 79.4 Å². The number of hydrogen-bond donors (Lipinski definition) is 9. The van der Waals surface area contributed by atoms with Crippen molar-refractivity contribution in [3.63, 3.8) is 0 Å². The molecule has 35 heteroatoms. The lowest BCUT2D eigenvalue weighted by Gasteiger charge is -2.26. The zero-order valence-corrected chi connectivity index (χ0v) is 89.2. The fourth-order valence-electron chi connectivity index (χ4n) is 13.5. The lowest BCUT2D eigenvalue weighted by Crippen LogP contribution is -2.35. The Bertz CT molecular complexity index is 4250. The number of imide groups is 1. The van der Waals surface area contributed by atoms with Crippen molar-refractivity contribution in [1.29, 1.82) is 0 Å². The van der Waals surface area contributed by atoms with Crippen LogP contribution in [0.25, 0.3) is 0 Å². The number of nitrogens with two attached hydrogens (primary N) is 1. The molecular weight excluding hydrogens is 2010 g/mol. The highest BCUT2D eigenvalue weighted by Crippen LogP contribution is 2.31. The van der Waals surface area contributed by atoms with Crippen LogP contribution in [0.2, 0.25) is 10.0 Å². The molecule has 848 valence electrons. The number of benzene rings is 5. The van der Waals surface area contributed by atoms with Crippen LogP contribution in [0.15, 0.2) is 125 Å². The number of urea groups is 1. The van der Waals surface area contributed by atoms with Gasteiger partial charge in [-0.1, -0.05) is 262 Å². The highest BCUT2D eigenvalue weighted by atomic mass is 79.9. The summed E-state index contributed by atoms with van der Waals surface area (Å²) in [5.41, 5.74) is 13.9. The van der Waals surface area contributed by atoms with E-state index in [0.29, 0.717) is 60.0 Å². The number of carboxylic acids is 2. The molecule has 9 saturated heterocycles. The number of halogens is 6. The molecule has 16 rings (SSSR count). The topological polar surface area (TPSA) is 359 Å². The van der Waals surface area contributed by atoms with Gasteiger partial charge in [0.05, 0.1) is 40.7 Å². The van der Waals surface area contributed by atoms with Gasteiger partial charge >= 0.3 is 24.1 Å². The summed E-state index contributed by atoms with van der Waals surface area (Å²) < 4.78 is 71.6. The van der Waals surface area contributed by atoms with Gasteiger partial charge in [-0.2, -0.15) is 33.4 Å². The first-order chi connectivity index (χ1) is 63.5. The molecule has 0 bridgehead atoms. The van der Waals surface area contributed by atoms with Gasteiger partial charge in [-0.25, -0.2) is 4.79 Å². The lowest BCUT2D eigenvalue weighted by atomic mass is 9.83. The molecule has 0 radical (unpaired) electrons. The molecule has 5 aromatic carbocycles. The molecule has 10 aliphatic heterocycles. The van der Waals surface area contributed by atoms with Crippen LogP contribution in [-0.4, -0.2) is 281 Å². The fourth-order valence-corrected chi connectivity index (χ4v) is 16.0. The number of amides is 7. The molecule has 5 aromatic rings. The van der Waals surface area contributed by atoms with Gasteiger partial charge in [-0.3, -0.25) is 48.4 Å². The van der Waals surface area contributed by atoms with Crippen molar-refractivity contribution in [2.24, 2.45) is 40.3 Å². The molecule has 1 saturated carbocycles. The van der Waals surface area contributed by atoms with Gasteiger partial charge in [0.2, 0.25) is 29.5 Å². The molecule has 11 aliphatic rings. The number of nitrogens with zero attached hydrogens (tertiary/aromatic N) is 7. The molecule has 146 heavy (non-hydrogen) atoms. The van der Waals surface area contributed by atoms with E-state index in [-0.39, 0.29) is 133 Å². The van der Waals surface area contributed by atoms with Crippen LogP contribution in [-0.2, 0) is 60.0 Å². The highest BCUT2D eigenvalue weighted by Gasteiger charge is 2.32. The van der Waals surface area contributed by atoms with Gasteiger partial charge in [0.25, 0.3) is 10.1 Å². The van der Waals surface area contributed by atoms with Crippen molar-refractivity contribution in [3.05, 3.63) is 174 Å². The van der Waals surface area contributed by atoms with E-state index >= 15 is 0 Å². The second kappa shape index (κ2) is 86.0. The van der Waals surface area contributed by atoms with Crippen molar-refractivity contribution in [2.75, 3.05) is 152 Å². The Kier molecular flexibility index (Phi) is 93.3. The Balaban J connectivity index is -0.000000168. The quantitative estimate of drug-likeness (QED) is 0.0598. The molecule has 0 spiro atoms. The SMILES string of the molecule is C.C.C.C.C.C.C.C.C.C.CC1=NCC(=O)N1.CC1CC(=O)NC1=O.CC1CCC(=O)N1C.CC1CCC(C(=O)O)CC1.CC1CCNC(=O)C1.CC1CNC(=O)N1.CN1CCC(N)C1.CN1CCC(S(=O)(=O)O)C1.CN1CCCC(C(=O)O)C1.CN1CCOCC1.CN1CCSCC1.Cc1ccc(Br)cc1.Cc1ccc(C(C)(C)C)cc1.Cc1ccc(C(F)(F)F)cc1.Cc1ccc(C)cc1.Cc1ccc(Cl)c(Cl)c1. The van der Waals surface area contributed by atoms with Gasteiger partial charge in [0.15, 0.2) is 0 Å². The number of alkyl halides is 3. The molecule has 27 nitrogen and oxygen atoms in total. The number of rotatable bonds is 3. The monoisotopic (exact) mass is 2210 g/mol. The number of nitrogens with one attached hydrogen (secondary N) is 5. The molecule has 7 unspecified atom stereocenters. The number of likely N-dealkylation sites (N-methyl/N-ethyl adjacent to an activating group) is 2. The number of carbonyl (C=O) groups excluding carboxylic acids is 6. The second-order valence-corrected chi connectivity index (χ2v) is 42.1. The minimum Gasteiger partial charge on any atom is -0.481 e. The normalized spacial score (nSPS) is 20.8. The van der Waals surface area contributed by atoms with Crippen LogP contribution in [0.4, 0.5) is 18.0 Å². The number of morpholine rings is 1. The minimum absolute atomic E-state index is 0. The predicted molar refractivity (Wildman–Crippen MR) is 619 cm³/mol. The zero-order valence-electron chi connectivity index (χ0n) is 84.5. The van der Waals surface area contributed by atoms with E-state index in [4.69, 9.17) is 48.4 Å². The average molecular weight is 2210 g/mol. The van der Waals surface area contributed by atoms with Crippen molar-refractivity contribution in [1.82, 2.24) is 56.0 Å². The molecule has 0 aromatic heterocycles. The first kappa shape index (κ1) is 158. The summed E-state index contributed by atoms with van der Waals surface area (Å²) >= 11 is 16.7. The first-order valence-corrected chi connectivity index (χ1v) is 51.1. The van der Waals surface area contributed by atoms with Crippen LogP contribution in [0.3, 0.4) is 0 Å².